The van der Waals surface area contributed by atoms with E-state index in [1.165, 1.54) is 0 Å². The van der Waals surface area contributed by atoms with Crippen molar-refractivity contribution in [1.82, 2.24) is 0 Å². The molecule has 0 aliphatic rings. The van der Waals surface area contributed by atoms with Crippen molar-refractivity contribution in [3.63, 3.8) is 0 Å². The van der Waals surface area contributed by atoms with Crippen LogP contribution in [0.4, 0.5) is 0 Å². The van der Waals surface area contributed by atoms with Crippen molar-refractivity contribution in [2.45, 2.75) is 0 Å². The van der Waals surface area contributed by atoms with Crippen LogP contribution in [0, 0.1) is 157 Å². The molecule has 0 aromatic heterocycles. The Morgan fingerprint density at radius 3 is 1.00 bits per heavy atom. The zero-order valence-corrected chi connectivity index (χ0v) is 11.8. The van der Waals surface area contributed by atoms with Crippen molar-refractivity contribution in [3.05, 3.63) is 0 Å². The molecule has 0 spiro atoms. The SMILES string of the molecule is B.[Dy].[Er].[Pr].[Sm]. The van der Waals surface area contributed by atoms with E-state index in [4.69, 9.17) is 0 Å². The Morgan fingerprint density at radius 1 is 1.00 bits per heavy atom. The molecule has 0 N–H and O–H groups in total. The topological polar surface area (TPSA) is 0 Å². The fourth-order valence-corrected chi connectivity index (χ4v) is 0. The minimum absolute atomic E-state index is 0. The number of hydrogen-bond donors (Lipinski definition) is 0. The van der Waals surface area contributed by atoms with Gasteiger partial charge in [0.1, 0.15) is 0 Å². The summed E-state index contributed by atoms with van der Waals surface area (Å²) in [6, 6.07) is 0. The van der Waals surface area contributed by atoms with Crippen LogP contribution in [0.15, 0.2) is 0 Å². The zero-order chi connectivity index (χ0) is 0. The van der Waals surface area contributed by atoms with Gasteiger partial charge in [-0.25, -0.2) is 0 Å². The van der Waals surface area contributed by atoms with Crippen LogP contribution in [-0.4, -0.2) is 8.41 Å². The molecule has 1 radical (unpaired) electrons. The van der Waals surface area contributed by atoms with Crippen molar-refractivity contribution in [3.8, 4) is 0 Å². The van der Waals surface area contributed by atoms with E-state index in [0.29, 0.717) is 0 Å². The summed E-state index contributed by atoms with van der Waals surface area (Å²) in [5, 5.41) is 0. The van der Waals surface area contributed by atoms with Gasteiger partial charge in [-0.2, -0.15) is 0 Å². The minimum Gasteiger partial charge on any atom is 0 e. The van der Waals surface area contributed by atoms with Gasteiger partial charge < -0.3 is 0 Å². The summed E-state index contributed by atoms with van der Waals surface area (Å²) in [4.78, 5) is 0. The summed E-state index contributed by atoms with van der Waals surface area (Å²) in [5.41, 5.74) is 0. The van der Waals surface area contributed by atoms with E-state index in [9.17, 15) is 0 Å². The molecule has 0 unspecified atom stereocenters. The van der Waals surface area contributed by atoms with E-state index >= 15 is 0 Å². The normalized spacial score (nSPS) is 0. The molecule has 5 heavy (non-hydrogen) atoms. The largest absolute Gasteiger partial charge is 0.0814 e. The van der Waals surface area contributed by atoms with Crippen LogP contribution in [0.5, 0.6) is 0 Å². The van der Waals surface area contributed by atoms with Crippen LogP contribution < -0.4 is 0 Å². The predicted molar refractivity (Wildman–Crippen MR) is 9.94 cm³/mol. The average Bonchev–Trinajstić information content (AvgIpc) is 0. The number of hydrogen-bond acceptors (Lipinski definition) is 0. The first-order valence-corrected chi connectivity index (χ1v) is 0. The van der Waals surface area contributed by atoms with Crippen molar-refractivity contribution in [2.75, 3.05) is 0 Å². The van der Waals surface area contributed by atoms with Gasteiger partial charge in [0.25, 0.3) is 0 Å². The summed E-state index contributed by atoms with van der Waals surface area (Å²) in [6.07, 6.45) is 0. The first kappa shape index (κ1) is 31.7. The monoisotopic (exact) mass is 637 g/mol. The smallest absolute Gasteiger partial charge is 0 e. The molecule has 0 bridgehead atoms. The molecule has 0 saturated heterocycles. The molecule has 37 valence electrons. The van der Waals surface area contributed by atoms with Crippen molar-refractivity contribution in [2.24, 2.45) is 0 Å². The standard InChI is InChI=1S/BH3.Dy.Er.Pr.Sm/h1H3;;;;. The fraction of sp³-hybridized carbons (Fsp3) is 0. The quantitative estimate of drug-likeness (QED) is 0.295. The Balaban J connectivity index is 0. The first-order chi connectivity index (χ1) is 0. The van der Waals surface area contributed by atoms with Gasteiger partial charge in [-0.1, -0.05) is 0 Å². The van der Waals surface area contributed by atoms with Gasteiger partial charge in [-0.15, -0.1) is 0 Å². The van der Waals surface area contributed by atoms with Crippen LogP contribution in [0.25, 0.3) is 0 Å². The Morgan fingerprint density at radius 2 is 1.00 bits per heavy atom. The maximum atomic E-state index is 0. The Bertz CT molecular complexity index is 11.6. The molecule has 0 fully saturated rings. The molecule has 0 saturated carbocycles. The van der Waals surface area contributed by atoms with E-state index < -0.39 is 0 Å². The Kier molecular flexibility index (Phi) is 145. The second-order valence-electron chi connectivity index (χ2n) is 0. The molecular formula is H3BDyErPrSm. The summed E-state index contributed by atoms with van der Waals surface area (Å²) in [5.74, 6) is 0. The molecule has 0 atom stereocenters. The van der Waals surface area contributed by atoms with Gasteiger partial charge >= 0.3 is 0 Å². The maximum Gasteiger partial charge on any atom is 0.0814 e. The Hall–Kier alpha value is 5.29. The van der Waals surface area contributed by atoms with E-state index in [2.05, 4.69) is 0 Å². The molecule has 0 aromatic carbocycles. The van der Waals surface area contributed by atoms with Gasteiger partial charge in [0.05, 0.1) is 8.41 Å². The van der Waals surface area contributed by atoms with Crippen LogP contribution in [-0.2, 0) is 0 Å². The van der Waals surface area contributed by atoms with E-state index in [-0.39, 0.29) is 166 Å². The minimum atomic E-state index is 0. The van der Waals surface area contributed by atoms with E-state index in [1.807, 2.05) is 0 Å². The van der Waals surface area contributed by atoms with Gasteiger partial charge in [-0.3, -0.25) is 0 Å². The van der Waals surface area contributed by atoms with Crippen molar-refractivity contribution >= 4 is 8.41 Å². The Labute approximate surface area is 160 Å². The maximum absolute atomic E-state index is 0. The first-order valence-electron chi connectivity index (χ1n) is 0. The molecular weight excluding hydrogens is 632 g/mol. The van der Waals surface area contributed by atoms with Crippen molar-refractivity contribution < 1.29 is 157 Å². The molecule has 0 aliphatic carbocycles. The van der Waals surface area contributed by atoms with Gasteiger partial charge in [0, 0.05) is 157 Å². The predicted octanol–water partition coefficient (Wildman–Crippen LogP) is -1.18. The van der Waals surface area contributed by atoms with Crippen LogP contribution >= 0.6 is 0 Å². The summed E-state index contributed by atoms with van der Waals surface area (Å²) >= 11 is 0. The third-order valence-corrected chi connectivity index (χ3v) is 0. The molecule has 0 amide bonds. The summed E-state index contributed by atoms with van der Waals surface area (Å²) in [7, 11) is 0. The van der Waals surface area contributed by atoms with E-state index in [0.717, 1.165) is 0 Å². The molecule has 0 heterocycles. The van der Waals surface area contributed by atoms with Gasteiger partial charge in [0.2, 0.25) is 0 Å². The fourth-order valence-electron chi connectivity index (χ4n) is 0. The molecule has 0 rings (SSSR count). The van der Waals surface area contributed by atoms with Gasteiger partial charge in [-0.05, 0) is 0 Å². The summed E-state index contributed by atoms with van der Waals surface area (Å²) < 4.78 is 0. The van der Waals surface area contributed by atoms with Crippen LogP contribution in [0.3, 0.4) is 0 Å². The molecule has 0 aliphatic heterocycles. The molecule has 0 nitrogen and oxygen atoms in total. The average molecular weight is 635 g/mol. The third-order valence-electron chi connectivity index (χ3n) is 0. The van der Waals surface area contributed by atoms with Crippen molar-refractivity contribution in [1.29, 1.82) is 0 Å². The molecule has 0 aromatic rings. The van der Waals surface area contributed by atoms with Crippen LogP contribution in [0.2, 0.25) is 0 Å². The second-order valence-corrected chi connectivity index (χ2v) is 0. The third kappa shape index (κ3) is 17.6. The van der Waals surface area contributed by atoms with E-state index in [1.54, 1.807) is 0 Å². The summed E-state index contributed by atoms with van der Waals surface area (Å²) in [6.45, 7) is 0. The number of rotatable bonds is 0. The van der Waals surface area contributed by atoms with Gasteiger partial charge in [0.15, 0.2) is 0 Å². The zero-order valence-electron chi connectivity index (χ0n) is 1.59. The molecule has 5 heteroatoms. The second kappa shape index (κ2) is 22.8. The van der Waals surface area contributed by atoms with Crippen LogP contribution in [0.1, 0.15) is 0 Å².